The number of imidazole rings is 1. The monoisotopic (exact) mass is 1040 g/mol. The zero-order valence-corrected chi connectivity index (χ0v) is 42.1. The van der Waals surface area contributed by atoms with Gasteiger partial charge in [0, 0.05) is 40.1 Å². The van der Waals surface area contributed by atoms with Crippen LogP contribution in [-0.4, -0.2) is 61.3 Å². The Morgan fingerprint density at radius 3 is 1.42 bits per heavy atom. The van der Waals surface area contributed by atoms with Gasteiger partial charge in [0.1, 0.15) is 26.8 Å². The topological polar surface area (TPSA) is 175 Å². The molecule has 0 spiro atoms. The molecular weight excluding hydrogens is 989 g/mol. The van der Waals surface area contributed by atoms with Crippen LogP contribution in [0.25, 0.3) is 33.9 Å². The summed E-state index contributed by atoms with van der Waals surface area (Å²) < 4.78 is 50.0. The highest BCUT2D eigenvalue weighted by Crippen LogP contribution is 2.38. The Balaban J connectivity index is 0.000000544. The average molecular weight is 1050 g/mol. The minimum absolute atomic E-state index is 0.0616. The van der Waals surface area contributed by atoms with Gasteiger partial charge in [-0.1, -0.05) is 101 Å². The SMILES string of the molecule is CC(=O)C(Br)Br.CC(C)(C)C(C)(C)COc1ccc(-c2ccc(C=O)cn2)cc1.CC(C)(C)CC(C)(C)COc1ccc(-c2ccc(-c3ncc(C(F)(F)F)[nH]3)cn2)cc1.O=C=O.O=C=O. The molecule has 0 unspecified atom stereocenters. The first-order chi connectivity index (χ1) is 30.5. The molecule has 3 heterocycles. The van der Waals surface area contributed by atoms with Crippen molar-refractivity contribution >= 4 is 56.2 Å². The van der Waals surface area contributed by atoms with Crippen molar-refractivity contribution in [2.45, 2.75) is 92.5 Å². The quantitative estimate of drug-likeness (QED) is 0.0929. The van der Waals surface area contributed by atoms with Crippen molar-refractivity contribution < 1.29 is 51.4 Å². The third-order valence-electron chi connectivity index (χ3n) is 9.72. The van der Waals surface area contributed by atoms with Gasteiger partial charge in [-0.3, -0.25) is 19.6 Å². The number of hydrogen-bond donors (Lipinski definition) is 1. The summed E-state index contributed by atoms with van der Waals surface area (Å²) in [5.41, 5.74) is 4.20. The number of nitrogens with one attached hydrogen (secondary N) is 1. The number of rotatable bonds is 12. The Kier molecular flexibility index (Phi) is 23.5. The Hall–Kier alpha value is -5.60. The van der Waals surface area contributed by atoms with Crippen molar-refractivity contribution in [1.29, 1.82) is 0 Å². The maximum absolute atomic E-state index is 12.7. The number of aldehydes is 1. The van der Waals surface area contributed by atoms with E-state index in [0.717, 1.165) is 47.2 Å². The number of ketones is 1. The number of carbonyl (C=O) groups is 2. The Morgan fingerprint density at radius 1 is 0.667 bits per heavy atom. The summed E-state index contributed by atoms with van der Waals surface area (Å²) in [7, 11) is 0. The largest absolute Gasteiger partial charge is 0.493 e. The smallest absolute Gasteiger partial charge is 0.432 e. The molecule has 0 radical (unpaired) electrons. The Bertz CT molecular complexity index is 2290. The molecule has 0 aliphatic carbocycles. The third kappa shape index (κ3) is 21.6. The van der Waals surface area contributed by atoms with Crippen LogP contribution in [0.2, 0.25) is 0 Å². The number of aromatic nitrogens is 4. The highest BCUT2D eigenvalue weighted by Gasteiger charge is 2.34. The summed E-state index contributed by atoms with van der Waals surface area (Å²) in [5.74, 6) is 1.87. The van der Waals surface area contributed by atoms with E-state index in [9.17, 15) is 22.8 Å². The third-order valence-corrected chi connectivity index (χ3v) is 11.0. The van der Waals surface area contributed by atoms with Gasteiger partial charge in [0.15, 0.2) is 12.1 Å². The number of Topliss-reactive ketones (excluding diaryl/α,β-unsaturated/α-hetero) is 1. The van der Waals surface area contributed by atoms with Crippen molar-refractivity contribution in [2.24, 2.45) is 21.7 Å². The van der Waals surface area contributed by atoms with Gasteiger partial charge in [-0.05, 0) is 102 Å². The molecule has 0 fully saturated rings. The summed E-state index contributed by atoms with van der Waals surface area (Å²) >= 11 is 6.01. The fourth-order valence-electron chi connectivity index (χ4n) is 5.65. The number of alkyl halides is 5. The molecule has 66 heavy (non-hydrogen) atoms. The maximum Gasteiger partial charge on any atom is 0.432 e. The first-order valence-electron chi connectivity index (χ1n) is 20.3. The van der Waals surface area contributed by atoms with Crippen molar-refractivity contribution in [3.05, 3.63) is 103 Å². The normalized spacial score (nSPS) is 11.3. The molecule has 0 amide bonds. The lowest BCUT2D eigenvalue weighted by Gasteiger charge is -2.38. The first-order valence-corrected chi connectivity index (χ1v) is 22.1. The minimum Gasteiger partial charge on any atom is -0.493 e. The molecule has 0 bridgehead atoms. The van der Waals surface area contributed by atoms with Crippen LogP contribution in [0, 0.1) is 21.7 Å². The van der Waals surface area contributed by atoms with E-state index in [1.54, 1.807) is 24.4 Å². The second-order valence-corrected chi connectivity index (χ2v) is 21.5. The molecule has 0 saturated carbocycles. The molecule has 0 aliphatic heterocycles. The number of ether oxygens (including phenoxy) is 2. The van der Waals surface area contributed by atoms with Gasteiger partial charge in [0.2, 0.25) is 0 Å². The molecule has 2 aromatic carbocycles. The summed E-state index contributed by atoms with van der Waals surface area (Å²) in [6.07, 6.45) is 1.76. The molecule has 356 valence electrons. The van der Waals surface area contributed by atoms with Crippen LogP contribution in [0.1, 0.15) is 98.6 Å². The fourth-order valence-corrected chi connectivity index (χ4v) is 5.65. The van der Waals surface area contributed by atoms with Crippen molar-refractivity contribution in [3.63, 3.8) is 0 Å². The molecule has 0 atom stereocenters. The zero-order chi connectivity index (χ0) is 50.5. The number of carbonyl (C=O) groups excluding carboxylic acids is 6. The highest BCUT2D eigenvalue weighted by atomic mass is 79.9. The van der Waals surface area contributed by atoms with E-state index in [0.29, 0.717) is 30.0 Å². The predicted molar refractivity (Wildman–Crippen MR) is 252 cm³/mol. The number of nitrogens with zero attached hydrogens (tertiary/aromatic N) is 3. The van der Waals surface area contributed by atoms with Gasteiger partial charge in [0.05, 0.1) is 30.8 Å². The lowest BCUT2D eigenvalue weighted by Crippen LogP contribution is -2.35. The van der Waals surface area contributed by atoms with Crippen molar-refractivity contribution in [1.82, 2.24) is 19.9 Å². The minimum atomic E-state index is -4.45. The standard InChI is InChI=1S/C24H28F3N3O.C20H25NO2.C3H4Br2O.2CO2/c1-22(2,3)14-23(4,5)15-31-18-9-6-16(7-10-18)19-11-8-17(12-28-19)21-29-13-20(30-21)24(25,26)27;1-19(2,3)20(4,5)14-23-17-9-7-16(8-10-17)18-11-6-15(13-22)12-21-18;1-2(6)3(4)5;2*2-1-3/h6-13H,14-15H2,1-5H3,(H,29,30);6-13H,14H2,1-5H3;3H,1H3;;. The van der Waals surface area contributed by atoms with E-state index in [2.05, 4.69) is 121 Å². The molecule has 5 rings (SSSR count). The zero-order valence-electron chi connectivity index (χ0n) is 38.9. The van der Waals surface area contributed by atoms with Gasteiger partial charge >= 0.3 is 18.5 Å². The first kappa shape index (κ1) is 58.4. The summed E-state index contributed by atoms with van der Waals surface area (Å²) in [4.78, 5) is 68.0. The van der Waals surface area contributed by atoms with Gasteiger partial charge < -0.3 is 14.5 Å². The van der Waals surface area contributed by atoms with E-state index in [1.807, 2.05) is 54.6 Å². The number of benzene rings is 2. The summed E-state index contributed by atoms with van der Waals surface area (Å²) in [5, 5.41) is 0. The van der Waals surface area contributed by atoms with Crippen molar-refractivity contribution in [3.8, 4) is 45.4 Å². The molecule has 0 aliphatic rings. The van der Waals surface area contributed by atoms with Gasteiger partial charge in [0.25, 0.3) is 0 Å². The second-order valence-electron chi connectivity index (χ2n) is 18.4. The molecule has 17 heteroatoms. The average Bonchev–Trinajstić information content (AvgIpc) is 3.75. The number of halogens is 5. The van der Waals surface area contributed by atoms with E-state index < -0.39 is 11.9 Å². The van der Waals surface area contributed by atoms with E-state index >= 15 is 0 Å². The number of H-pyrrole nitrogens is 1. The van der Waals surface area contributed by atoms with Gasteiger partial charge in [-0.2, -0.15) is 32.3 Å². The van der Waals surface area contributed by atoms with Crippen LogP contribution in [0.3, 0.4) is 0 Å². The van der Waals surface area contributed by atoms with Crippen LogP contribution in [0.5, 0.6) is 11.5 Å². The number of pyridine rings is 2. The molecule has 12 nitrogen and oxygen atoms in total. The van der Waals surface area contributed by atoms with Gasteiger partial charge in [-0.25, -0.2) is 4.98 Å². The highest BCUT2D eigenvalue weighted by molar-refractivity contribution is 9.25. The molecular formula is C49H57Br2F3N4O8. The van der Waals surface area contributed by atoms with E-state index in [1.165, 1.54) is 13.1 Å². The van der Waals surface area contributed by atoms with Crippen molar-refractivity contribution in [2.75, 3.05) is 13.2 Å². The predicted octanol–water partition coefficient (Wildman–Crippen LogP) is 12.5. The van der Waals surface area contributed by atoms with Crippen LogP contribution in [0.15, 0.2) is 91.4 Å². The number of hydrogen-bond acceptors (Lipinski definition) is 11. The van der Waals surface area contributed by atoms with Gasteiger partial charge in [-0.15, -0.1) is 0 Å². The maximum atomic E-state index is 12.7. The fraction of sp³-hybridized carbons (Fsp3) is 0.408. The second kappa shape index (κ2) is 26.5. The van der Waals surface area contributed by atoms with E-state index in [-0.39, 0.29) is 49.3 Å². The lowest BCUT2D eigenvalue weighted by molar-refractivity contribution is -0.193. The Morgan fingerprint density at radius 2 is 1.09 bits per heavy atom. The Labute approximate surface area is 401 Å². The summed E-state index contributed by atoms with van der Waals surface area (Å²) in [6.45, 7) is 25.0. The summed E-state index contributed by atoms with van der Waals surface area (Å²) in [6, 6.07) is 22.6. The molecule has 0 saturated heterocycles. The van der Waals surface area contributed by atoms with Crippen LogP contribution in [-0.2, 0) is 30.1 Å². The van der Waals surface area contributed by atoms with Crippen LogP contribution < -0.4 is 9.47 Å². The molecule has 5 aromatic rings. The number of aromatic amines is 1. The van der Waals surface area contributed by atoms with Crippen LogP contribution >= 0.6 is 31.9 Å². The van der Waals surface area contributed by atoms with E-state index in [4.69, 9.17) is 28.7 Å². The molecule has 1 N–H and O–H groups in total. The van der Waals surface area contributed by atoms with Crippen LogP contribution in [0.4, 0.5) is 13.2 Å². The lowest BCUT2D eigenvalue weighted by atomic mass is 9.70. The molecule has 3 aromatic heterocycles.